The van der Waals surface area contributed by atoms with Gasteiger partial charge in [0.25, 0.3) is 0 Å². The van der Waals surface area contributed by atoms with Gasteiger partial charge in [-0.1, -0.05) is 22.9 Å². The van der Waals surface area contributed by atoms with Crippen molar-refractivity contribution in [3.05, 3.63) is 34.6 Å². The Labute approximate surface area is 115 Å². The number of tetrazole rings is 1. The summed E-state index contributed by atoms with van der Waals surface area (Å²) in [6.45, 7) is 3.28. The fraction of sp³-hybridized carbons (Fsp3) is 0.300. The summed E-state index contributed by atoms with van der Waals surface area (Å²) in [6, 6.07) is 4.12. The van der Waals surface area contributed by atoms with Crippen molar-refractivity contribution < 1.29 is 8.42 Å². The molecule has 0 fully saturated rings. The molecule has 1 heterocycles. The van der Waals surface area contributed by atoms with Crippen molar-refractivity contribution in [3.8, 4) is 0 Å². The molecule has 2 N–H and O–H groups in total. The lowest BCUT2D eigenvalue weighted by Crippen LogP contribution is -2.28. The van der Waals surface area contributed by atoms with E-state index in [4.69, 9.17) is 11.6 Å². The highest BCUT2D eigenvalue weighted by Gasteiger charge is 2.22. The van der Waals surface area contributed by atoms with E-state index in [0.717, 1.165) is 0 Å². The van der Waals surface area contributed by atoms with Gasteiger partial charge in [0.1, 0.15) is 0 Å². The van der Waals surface area contributed by atoms with Gasteiger partial charge in [0.15, 0.2) is 5.82 Å². The molecule has 0 aliphatic heterocycles. The van der Waals surface area contributed by atoms with Gasteiger partial charge in [0.05, 0.1) is 10.9 Å². The summed E-state index contributed by atoms with van der Waals surface area (Å²) >= 11 is 5.92. The van der Waals surface area contributed by atoms with Crippen LogP contribution >= 0.6 is 11.6 Å². The molecule has 0 aliphatic rings. The number of aromatic nitrogens is 4. The Morgan fingerprint density at radius 1 is 1.42 bits per heavy atom. The average Bonchev–Trinajstić information content (AvgIpc) is 2.85. The maximum Gasteiger partial charge on any atom is 0.241 e. The monoisotopic (exact) mass is 301 g/mol. The summed E-state index contributed by atoms with van der Waals surface area (Å²) in [7, 11) is -3.69. The summed E-state index contributed by atoms with van der Waals surface area (Å²) < 4.78 is 27.0. The van der Waals surface area contributed by atoms with E-state index in [0.29, 0.717) is 10.6 Å². The third-order valence-electron chi connectivity index (χ3n) is 2.59. The molecule has 0 saturated carbocycles. The number of H-pyrrole nitrogens is 1. The molecule has 0 amide bonds. The quantitative estimate of drug-likeness (QED) is 0.883. The van der Waals surface area contributed by atoms with Crippen molar-refractivity contribution in [2.24, 2.45) is 0 Å². The Bertz CT molecular complexity index is 671. The fourth-order valence-corrected chi connectivity index (χ4v) is 3.28. The summed E-state index contributed by atoms with van der Waals surface area (Å²) in [5.74, 6) is 0.267. The second-order valence-corrected chi connectivity index (χ2v) is 6.07. The first-order valence-electron chi connectivity index (χ1n) is 5.42. The normalized spacial score (nSPS) is 13.4. The molecule has 1 atom stereocenters. The van der Waals surface area contributed by atoms with E-state index in [1.54, 1.807) is 26.0 Å². The van der Waals surface area contributed by atoms with E-state index < -0.39 is 16.1 Å². The van der Waals surface area contributed by atoms with E-state index in [2.05, 4.69) is 25.3 Å². The first-order chi connectivity index (χ1) is 8.92. The highest BCUT2D eigenvalue weighted by molar-refractivity contribution is 7.89. The molecule has 2 aromatic rings. The lowest BCUT2D eigenvalue weighted by atomic mass is 10.2. The SMILES string of the molecule is Cc1c(Cl)cccc1S(=O)(=O)NC(C)c1nn[nH]n1. The fourth-order valence-electron chi connectivity index (χ4n) is 1.58. The molecule has 0 aliphatic carbocycles. The molecule has 1 aromatic carbocycles. The van der Waals surface area contributed by atoms with Crippen LogP contribution in [0.2, 0.25) is 5.02 Å². The van der Waals surface area contributed by atoms with Gasteiger partial charge in [-0.2, -0.15) is 5.21 Å². The number of benzene rings is 1. The van der Waals surface area contributed by atoms with Gasteiger partial charge in [-0.25, -0.2) is 13.1 Å². The standard InChI is InChI=1S/C10H12ClN5O2S/c1-6-8(11)4-3-5-9(6)19(17,18)14-7(2)10-12-15-16-13-10/h3-5,7,14H,1-2H3,(H,12,13,15,16). The highest BCUT2D eigenvalue weighted by atomic mass is 35.5. The Balaban J connectivity index is 2.31. The van der Waals surface area contributed by atoms with Gasteiger partial charge >= 0.3 is 0 Å². The summed E-state index contributed by atoms with van der Waals surface area (Å²) in [6.07, 6.45) is 0. The second-order valence-electron chi connectivity index (χ2n) is 3.98. The van der Waals surface area contributed by atoms with Gasteiger partial charge in [0, 0.05) is 5.02 Å². The van der Waals surface area contributed by atoms with Crippen molar-refractivity contribution in [2.75, 3.05) is 0 Å². The second kappa shape index (κ2) is 5.24. The third kappa shape index (κ3) is 2.91. The molecule has 102 valence electrons. The number of sulfonamides is 1. The zero-order valence-corrected chi connectivity index (χ0v) is 11.8. The van der Waals surface area contributed by atoms with Gasteiger partial charge in [-0.05, 0) is 31.5 Å². The third-order valence-corrected chi connectivity index (χ3v) is 4.68. The van der Waals surface area contributed by atoms with E-state index in [1.807, 2.05) is 0 Å². The lowest BCUT2D eigenvalue weighted by Gasteiger charge is -2.13. The zero-order chi connectivity index (χ0) is 14.0. The minimum absolute atomic E-state index is 0.135. The van der Waals surface area contributed by atoms with Crippen LogP contribution in [-0.4, -0.2) is 29.0 Å². The minimum atomic E-state index is -3.69. The van der Waals surface area contributed by atoms with Gasteiger partial charge < -0.3 is 0 Å². The number of hydrogen-bond acceptors (Lipinski definition) is 5. The number of rotatable bonds is 4. The van der Waals surface area contributed by atoms with E-state index in [1.165, 1.54) is 6.07 Å². The molecule has 0 radical (unpaired) electrons. The molecule has 9 heteroatoms. The van der Waals surface area contributed by atoms with Crippen LogP contribution in [0.1, 0.15) is 24.4 Å². The van der Waals surface area contributed by atoms with Crippen LogP contribution in [0.15, 0.2) is 23.1 Å². The molecule has 1 aromatic heterocycles. The molecule has 7 nitrogen and oxygen atoms in total. The molecule has 1 unspecified atom stereocenters. The summed E-state index contributed by atoms with van der Waals surface area (Å²) in [5.41, 5.74) is 0.497. The average molecular weight is 302 g/mol. The van der Waals surface area contributed by atoms with Crippen molar-refractivity contribution in [1.29, 1.82) is 0 Å². The van der Waals surface area contributed by atoms with Crippen LogP contribution < -0.4 is 4.72 Å². The van der Waals surface area contributed by atoms with Gasteiger partial charge in [0.2, 0.25) is 10.0 Å². The Kier molecular flexibility index (Phi) is 3.83. The molecular formula is C10H12ClN5O2S. The Morgan fingerprint density at radius 3 is 2.79 bits per heavy atom. The maximum absolute atomic E-state index is 12.3. The summed E-state index contributed by atoms with van der Waals surface area (Å²) in [5, 5.41) is 13.5. The number of aromatic amines is 1. The molecule has 0 bridgehead atoms. The molecule has 2 rings (SSSR count). The van der Waals surface area contributed by atoms with Crippen molar-refractivity contribution in [1.82, 2.24) is 25.3 Å². The Hall–Kier alpha value is -1.51. The van der Waals surface area contributed by atoms with Crippen molar-refractivity contribution in [3.63, 3.8) is 0 Å². The number of halogens is 1. The lowest BCUT2D eigenvalue weighted by molar-refractivity contribution is 0.559. The van der Waals surface area contributed by atoms with Crippen molar-refractivity contribution >= 4 is 21.6 Å². The smallest absolute Gasteiger partial charge is 0.207 e. The molecule has 0 spiro atoms. The van der Waals surface area contributed by atoms with E-state index in [9.17, 15) is 8.42 Å². The number of hydrogen-bond donors (Lipinski definition) is 2. The molecule has 19 heavy (non-hydrogen) atoms. The summed E-state index contributed by atoms with van der Waals surface area (Å²) in [4.78, 5) is 0.135. The van der Waals surface area contributed by atoms with E-state index in [-0.39, 0.29) is 10.7 Å². The van der Waals surface area contributed by atoms with Crippen LogP contribution in [0.25, 0.3) is 0 Å². The largest absolute Gasteiger partial charge is 0.241 e. The first-order valence-corrected chi connectivity index (χ1v) is 7.28. The van der Waals surface area contributed by atoms with Gasteiger partial charge in [-0.3, -0.25) is 0 Å². The Morgan fingerprint density at radius 2 is 2.16 bits per heavy atom. The molecule has 0 saturated heterocycles. The number of nitrogens with one attached hydrogen (secondary N) is 2. The zero-order valence-electron chi connectivity index (χ0n) is 10.3. The predicted octanol–water partition coefficient (Wildman–Crippen LogP) is 1.20. The van der Waals surface area contributed by atoms with Crippen LogP contribution in [-0.2, 0) is 10.0 Å². The van der Waals surface area contributed by atoms with Crippen LogP contribution in [0.3, 0.4) is 0 Å². The van der Waals surface area contributed by atoms with E-state index >= 15 is 0 Å². The van der Waals surface area contributed by atoms with Crippen molar-refractivity contribution in [2.45, 2.75) is 24.8 Å². The maximum atomic E-state index is 12.3. The first kappa shape index (κ1) is 13.9. The predicted molar refractivity (Wildman–Crippen MR) is 69.1 cm³/mol. The highest BCUT2D eigenvalue weighted by Crippen LogP contribution is 2.23. The molecular weight excluding hydrogens is 290 g/mol. The van der Waals surface area contributed by atoms with Crippen LogP contribution in [0.4, 0.5) is 0 Å². The minimum Gasteiger partial charge on any atom is -0.207 e. The van der Waals surface area contributed by atoms with Gasteiger partial charge in [-0.15, -0.1) is 10.2 Å². The van der Waals surface area contributed by atoms with Crippen LogP contribution in [0.5, 0.6) is 0 Å². The van der Waals surface area contributed by atoms with Crippen LogP contribution in [0, 0.1) is 6.92 Å². The topological polar surface area (TPSA) is 101 Å². The number of nitrogens with zero attached hydrogens (tertiary/aromatic N) is 3.